The van der Waals surface area contributed by atoms with Gasteiger partial charge in [0.25, 0.3) is 0 Å². The highest BCUT2D eigenvalue weighted by Gasteiger charge is 2.31. The molecule has 130 valence electrons. The Kier molecular flexibility index (Phi) is 7.07. The molecule has 1 heterocycles. The first-order valence-electron chi connectivity index (χ1n) is 7.66. The van der Waals surface area contributed by atoms with Gasteiger partial charge in [-0.05, 0) is 31.2 Å². The lowest BCUT2D eigenvalue weighted by Gasteiger charge is -2.08. The first-order chi connectivity index (χ1) is 11.6. The Morgan fingerprint density at radius 2 is 2.12 bits per heavy atom. The molecule has 0 unspecified atom stereocenters. The van der Waals surface area contributed by atoms with E-state index < -0.39 is 5.25 Å². The van der Waals surface area contributed by atoms with E-state index in [9.17, 15) is 9.59 Å². The molecule has 7 nitrogen and oxygen atoms in total. The van der Waals surface area contributed by atoms with E-state index in [1.807, 2.05) is 6.92 Å². The van der Waals surface area contributed by atoms with Gasteiger partial charge in [-0.1, -0.05) is 11.8 Å². The fraction of sp³-hybridized carbons (Fsp3) is 0.438. The molecule has 1 saturated heterocycles. The maximum Gasteiger partial charge on any atom is 0.240 e. The number of carbonyl (C=O) groups is 2. The summed E-state index contributed by atoms with van der Waals surface area (Å²) in [5, 5.41) is 5.53. The van der Waals surface area contributed by atoms with Crippen molar-refractivity contribution in [3.05, 3.63) is 24.3 Å². The lowest BCUT2D eigenvalue weighted by Crippen LogP contribution is -2.28. The summed E-state index contributed by atoms with van der Waals surface area (Å²) in [6.07, 6.45) is 0.0903. The molecule has 2 N–H and O–H groups in total. The molecule has 24 heavy (non-hydrogen) atoms. The Labute approximate surface area is 145 Å². The van der Waals surface area contributed by atoms with Crippen molar-refractivity contribution in [1.82, 2.24) is 5.32 Å². The van der Waals surface area contributed by atoms with Crippen LogP contribution in [0.5, 0.6) is 5.75 Å². The number of thioether (sulfide) groups is 1. The number of rotatable bonds is 8. The van der Waals surface area contributed by atoms with E-state index in [4.69, 9.17) is 9.47 Å². The van der Waals surface area contributed by atoms with Crippen LogP contribution in [0.4, 0.5) is 5.69 Å². The first kappa shape index (κ1) is 18.3. The number of anilines is 1. The summed E-state index contributed by atoms with van der Waals surface area (Å²) < 4.78 is 10.3. The van der Waals surface area contributed by atoms with Crippen molar-refractivity contribution >= 4 is 34.4 Å². The Balaban J connectivity index is 1.83. The van der Waals surface area contributed by atoms with Crippen LogP contribution in [0, 0.1) is 0 Å². The number of nitrogens with zero attached hydrogens (tertiary/aromatic N) is 1. The second-order valence-electron chi connectivity index (χ2n) is 4.99. The topological polar surface area (TPSA) is 89.0 Å². The fourth-order valence-electron chi connectivity index (χ4n) is 2.03. The second kappa shape index (κ2) is 9.29. The number of benzene rings is 1. The van der Waals surface area contributed by atoms with Crippen molar-refractivity contribution in [2.45, 2.75) is 18.6 Å². The van der Waals surface area contributed by atoms with Crippen molar-refractivity contribution in [2.75, 3.05) is 32.2 Å². The Morgan fingerprint density at radius 3 is 2.79 bits per heavy atom. The van der Waals surface area contributed by atoms with Crippen LogP contribution >= 0.6 is 11.8 Å². The third-order valence-corrected chi connectivity index (χ3v) is 4.27. The number of methoxy groups -OCH3 is 1. The molecule has 2 rings (SSSR count). The van der Waals surface area contributed by atoms with Crippen molar-refractivity contribution in [3.63, 3.8) is 0 Å². The van der Waals surface area contributed by atoms with Gasteiger partial charge in [0.2, 0.25) is 11.8 Å². The standard InChI is InChI=1S/C16H21N3O4S/c1-3-23-12-6-4-11(5-7-12)18-14(20)10-13-15(21)19-16(24-13)17-8-9-22-2/h4-7,13H,3,8-10H2,1-2H3,(H,18,20)(H,17,19,21)/t13-/m1/s1. The van der Waals surface area contributed by atoms with Crippen molar-refractivity contribution in [2.24, 2.45) is 4.99 Å². The maximum absolute atomic E-state index is 12.1. The van der Waals surface area contributed by atoms with Gasteiger partial charge in [0.05, 0.1) is 19.8 Å². The van der Waals surface area contributed by atoms with Gasteiger partial charge in [-0.2, -0.15) is 0 Å². The Bertz CT molecular complexity index is 604. The lowest BCUT2D eigenvalue weighted by molar-refractivity contribution is -0.122. The van der Waals surface area contributed by atoms with Crippen molar-refractivity contribution in [1.29, 1.82) is 0 Å². The zero-order valence-corrected chi connectivity index (χ0v) is 14.5. The fourth-order valence-corrected chi connectivity index (χ4v) is 3.03. The number of hydrogen-bond acceptors (Lipinski definition) is 6. The van der Waals surface area contributed by atoms with Crippen molar-refractivity contribution in [3.8, 4) is 5.75 Å². The zero-order valence-electron chi connectivity index (χ0n) is 13.7. The predicted octanol–water partition coefficient (Wildman–Crippen LogP) is 1.65. The molecule has 0 bridgehead atoms. The molecule has 1 fully saturated rings. The van der Waals surface area contributed by atoms with Crippen LogP contribution < -0.4 is 15.4 Å². The number of amides is 2. The molecule has 1 atom stereocenters. The summed E-state index contributed by atoms with van der Waals surface area (Å²) in [6.45, 7) is 3.47. The summed E-state index contributed by atoms with van der Waals surface area (Å²) in [4.78, 5) is 28.2. The zero-order chi connectivity index (χ0) is 17.4. The van der Waals surface area contributed by atoms with Gasteiger partial charge in [0.1, 0.15) is 11.0 Å². The summed E-state index contributed by atoms with van der Waals surface area (Å²) in [7, 11) is 1.59. The molecule has 0 radical (unpaired) electrons. The normalized spacial score (nSPS) is 18.5. The molecule has 1 aromatic carbocycles. The van der Waals surface area contributed by atoms with E-state index in [-0.39, 0.29) is 18.2 Å². The minimum atomic E-state index is -0.464. The van der Waals surface area contributed by atoms with Gasteiger partial charge in [0.15, 0.2) is 5.17 Å². The minimum absolute atomic E-state index is 0.0903. The molecule has 0 aromatic heterocycles. The van der Waals surface area contributed by atoms with Crippen LogP contribution in [0.25, 0.3) is 0 Å². The van der Waals surface area contributed by atoms with Crippen LogP contribution in [0.2, 0.25) is 0 Å². The van der Waals surface area contributed by atoms with Crippen molar-refractivity contribution < 1.29 is 19.1 Å². The third kappa shape index (κ3) is 5.54. The number of carbonyl (C=O) groups excluding carboxylic acids is 2. The van der Waals surface area contributed by atoms with Crippen LogP contribution in [-0.2, 0) is 14.3 Å². The average Bonchev–Trinajstić information content (AvgIpc) is 2.89. The largest absolute Gasteiger partial charge is 0.494 e. The highest BCUT2D eigenvalue weighted by Crippen LogP contribution is 2.23. The van der Waals surface area contributed by atoms with Gasteiger partial charge < -0.3 is 20.1 Å². The number of hydrogen-bond donors (Lipinski definition) is 2. The minimum Gasteiger partial charge on any atom is -0.494 e. The number of ether oxygens (including phenoxy) is 2. The monoisotopic (exact) mass is 351 g/mol. The molecule has 0 aliphatic carbocycles. The molecule has 0 spiro atoms. The SMILES string of the molecule is CCOc1ccc(NC(=O)C[C@H]2SC(=NCCOC)NC2=O)cc1. The molecule has 1 aliphatic rings. The Hall–Kier alpha value is -2.06. The van der Waals surface area contributed by atoms with E-state index in [0.717, 1.165) is 5.75 Å². The van der Waals surface area contributed by atoms with E-state index in [1.54, 1.807) is 31.4 Å². The molecule has 1 aromatic rings. The number of nitrogens with one attached hydrogen (secondary N) is 2. The molecular weight excluding hydrogens is 330 g/mol. The second-order valence-corrected chi connectivity index (χ2v) is 6.18. The van der Waals surface area contributed by atoms with Crippen LogP contribution in [0.1, 0.15) is 13.3 Å². The van der Waals surface area contributed by atoms with E-state index >= 15 is 0 Å². The van der Waals surface area contributed by atoms with Gasteiger partial charge in [-0.25, -0.2) is 0 Å². The van der Waals surface area contributed by atoms with Crippen LogP contribution in [0.15, 0.2) is 29.3 Å². The van der Waals surface area contributed by atoms with Crippen LogP contribution in [0.3, 0.4) is 0 Å². The molecule has 2 amide bonds. The predicted molar refractivity (Wildman–Crippen MR) is 94.6 cm³/mol. The summed E-state index contributed by atoms with van der Waals surface area (Å²) in [6, 6.07) is 7.11. The van der Waals surface area contributed by atoms with Crippen LogP contribution in [-0.4, -0.2) is 49.1 Å². The summed E-state index contributed by atoms with van der Waals surface area (Å²) >= 11 is 1.27. The summed E-state index contributed by atoms with van der Waals surface area (Å²) in [5.41, 5.74) is 0.667. The quantitative estimate of drug-likeness (QED) is 0.695. The number of amidine groups is 1. The van der Waals surface area contributed by atoms with E-state index in [2.05, 4.69) is 15.6 Å². The maximum atomic E-state index is 12.1. The number of aliphatic imine (C=N–C) groups is 1. The smallest absolute Gasteiger partial charge is 0.240 e. The van der Waals surface area contributed by atoms with Gasteiger partial charge in [-0.3, -0.25) is 14.6 Å². The molecule has 0 saturated carbocycles. The molecule has 1 aliphatic heterocycles. The Morgan fingerprint density at radius 1 is 1.38 bits per heavy atom. The van der Waals surface area contributed by atoms with E-state index in [1.165, 1.54) is 11.8 Å². The van der Waals surface area contributed by atoms with E-state index in [0.29, 0.717) is 30.6 Å². The van der Waals surface area contributed by atoms with Gasteiger partial charge in [-0.15, -0.1) is 0 Å². The average molecular weight is 351 g/mol. The molecular formula is C16H21N3O4S. The molecule has 8 heteroatoms. The van der Waals surface area contributed by atoms with Gasteiger partial charge >= 0.3 is 0 Å². The highest BCUT2D eigenvalue weighted by molar-refractivity contribution is 8.15. The third-order valence-electron chi connectivity index (χ3n) is 3.15. The van der Waals surface area contributed by atoms with Gasteiger partial charge in [0, 0.05) is 19.2 Å². The first-order valence-corrected chi connectivity index (χ1v) is 8.54. The summed E-state index contributed by atoms with van der Waals surface area (Å²) in [5.74, 6) is 0.334. The highest BCUT2D eigenvalue weighted by atomic mass is 32.2. The lowest BCUT2D eigenvalue weighted by atomic mass is 10.2.